The van der Waals surface area contributed by atoms with Crippen molar-refractivity contribution in [3.8, 4) is 0 Å². The van der Waals surface area contributed by atoms with E-state index in [4.69, 9.17) is 0 Å². The molecule has 4 nitrogen and oxygen atoms in total. The fraction of sp³-hybridized carbons (Fsp3) is 0.273. The van der Waals surface area contributed by atoms with Crippen LogP contribution in [-0.2, 0) is 0 Å². The topological polar surface area (TPSA) is 58.2 Å². The largest absolute Gasteiger partial charge is 0.338 e. The van der Waals surface area contributed by atoms with Crippen LogP contribution < -0.4 is 10.6 Å². The van der Waals surface area contributed by atoms with Crippen molar-refractivity contribution in [1.29, 1.82) is 0 Å². The lowest BCUT2D eigenvalue weighted by molar-refractivity contribution is 0.0964. The number of carbonyl (C=O) groups is 2. The third-order valence-electron chi connectivity index (χ3n) is 1.80. The Bertz CT molecular complexity index is 336. The summed E-state index contributed by atoms with van der Waals surface area (Å²) in [6.07, 6.45) is 0.840. The summed E-state index contributed by atoms with van der Waals surface area (Å²) in [4.78, 5) is 22.6. The van der Waals surface area contributed by atoms with Gasteiger partial charge in [0.1, 0.15) is 0 Å². The highest BCUT2D eigenvalue weighted by Gasteiger charge is 2.07. The van der Waals surface area contributed by atoms with Crippen molar-refractivity contribution in [3.05, 3.63) is 35.9 Å². The van der Waals surface area contributed by atoms with Crippen LogP contribution in [0.1, 0.15) is 23.7 Å². The van der Waals surface area contributed by atoms with Crippen LogP contribution in [0.3, 0.4) is 0 Å². The molecule has 0 aliphatic carbocycles. The predicted octanol–water partition coefficient (Wildman–Crippen LogP) is 1.54. The highest BCUT2D eigenvalue weighted by atomic mass is 16.2. The van der Waals surface area contributed by atoms with E-state index in [1.165, 1.54) is 0 Å². The lowest BCUT2D eigenvalue weighted by Gasteiger charge is -2.04. The molecule has 0 spiro atoms. The highest BCUT2D eigenvalue weighted by Crippen LogP contribution is 1.97. The smallest absolute Gasteiger partial charge is 0.321 e. The van der Waals surface area contributed by atoms with E-state index in [2.05, 4.69) is 10.6 Å². The van der Waals surface area contributed by atoms with Crippen molar-refractivity contribution in [3.63, 3.8) is 0 Å². The van der Waals surface area contributed by atoms with Gasteiger partial charge in [-0.15, -0.1) is 0 Å². The van der Waals surface area contributed by atoms with Crippen LogP contribution >= 0.6 is 0 Å². The minimum atomic E-state index is -0.453. The summed E-state index contributed by atoms with van der Waals surface area (Å²) in [5, 5.41) is 4.80. The van der Waals surface area contributed by atoms with Crippen LogP contribution in [0.4, 0.5) is 4.79 Å². The Labute approximate surface area is 88.7 Å². The van der Waals surface area contributed by atoms with E-state index in [-0.39, 0.29) is 5.91 Å². The van der Waals surface area contributed by atoms with E-state index in [9.17, 15) is 9.59 Å². The van der Waals surface area contributed by atoms with E-state index in [0.717, 1.165) is 6.42 Å². The van der Waals surface area contributed by atoms with Gasteiger partial charge in [-0.05, 0) is 18.6 Å². The molecule has 3 amide bonds. The molecule has 1 rings (SSSR count). The van der Waals surface area contributed by atoms with Gasteiger partial charge in [-0.3, -0.25) is 10.1 Å². The third-order valence-corrected chi connectivity index (χ3v) is 1.80. The van der Waals surface area contributed by atoms with Gasteiger partial charge < -0.3 is 5.32 Å². The number of hydrogen-bond donors (Lipinski definition) is 2. The van der Waals surface area contributed by atoms with Crippen molar-refractivity contribution >= 4 is 11.9 Å². The first-order valence-corrected chi connectivity index (χ1v) is 4.88. The maximum atomic E-state index is 11.4. The molecule has 0 bridgehead atoms. The number of carbonyl (C=O) groups excluding carboxylic acids is 2. The molecule has 0 atom stereocenters. The normalized spacial score (nSPS) is 9.40. The number of hydrogen-bond acceptors (Lipinski definition) is 2. The minimum Gasteiger partial charge on any atom is -0.338 e. The second-order valence-electron chi connectivity index (χ2n) is 3.08. The van der Waals surface area contributed by atoms with Crippen molar-refractivity contribution in [1.82, 2.24) is 10.6 Å². The van der Waals surface area contributed by atoms with Gasteiger partial charge in [0.2, 0.25) is 0 Å². The number of imide groups is 1. The number of amides is 3. The molecule has 0 unspecified atom stereocenters. The molecule has 0 radical (unpaired) electrons. The van der Waals surface area contributed by atoms with Crippen molar-refractivity contribution in [2.24, 2.45) is 0 Å². The first-order chi connectivity index (χ1) is 7.24. The molecule has 15 heavy (non-hydrogen) atoms. The van der Waals surface area contributed by atoms with Crippen LogP contribution in [0.5, 0.6) is 0 Å². The average Bonchev–Trinajstić information content (AvgIpc) is 2.27. The average molecular weight is 206 g/mol. The van der Waals surface area contributed by atoms with Crippen molar-refractivity contribution in [2.45, 2.75) is 13.3 Å². The Kier molecular flexibility index (Phi) is 4.34. The summed E-state index contributed by atoms with van der Waals surface area (Å²) in [5.74, 6) is -0.385. The Morgan fingerprint density at radius 1 is 1.20 bits per heavy atom. The first-order valence-electron chi connectivity index (χ1n) is 4.88. The lowest BCUT2D eigenvalue weighted by Crippen LogP contribution is -2.39. The molecule has 0 saturated carbocycles. The number of benzene rings is 1. The summed E-state index contributed by atoms with van der Waals surface area (Å²) >= 11 is 0. The zero-order valence-electron chi connectivity index (χ0n) is 8.62. The number of nitrogens with one attached hydrogen (secondary N) is 2. The molecular formula is C11H14N2O2. The van der Waals surface area contributed by atoms with Crippen molar-refractivity contribution in [2.75, 3.05) is 6.54 Å². The number of urea groups is 1. The van der Waals surface area contributed by atoms with Gasteiger partial charge in [-0.1, -0.05) is 25.1 Å². The quantitative estimate of drug-likeness (QED) is 0.788. The fourth-order valence-corrected chi connectivity index (χ4v) is 1.05. The fourth-order valence-electron chi connectivity index (χ4n) is 1.05. The van der Waals surface area contributed by atoms with Crippen LogP contribution in [0.15, 0.2) is 30.3 Å². The van der Waals surface area contributed by atoms with Crippen LogP contribution in [0.25, 0.3) is 0 Å². The predicted molar refractivity (Wildman–Crippen MR) is 57.6 cm³/mol. The summed E-state index contributed by atoms with van der Waals surface area (Å²) in [6, 6.07) is 8.17. The van der Waals surface area contributed by atoms with Gasteiger partial charge in [0.05, 0.1) is 0 Å². The van der Waals surface area contributed by atoms with Gasteiger partial charge in [0, 0.05) is 12.1 Å². The first kappa shape index (κ1) is 11.2. The Balaban J connectivity index is 2.46. The standard InChI is InChI=1S/C11H14N2O2/c1-2-8-12-11(15)13-10(14)9-6-4-3-5-7-9/h3-7H,2,8H2,1H3,(H2,12,13,14,15). The van der Waals surface area contributed by atoms with E-state index in [0.29, 0.717) is 12.1 Å². The zero-order valence-corrected chi connectivity index (χ0v) is 8.62. The molecule has 80 valence electrons. The van der Waals surface area contributed by atoms with E-state index in [1.54, 1.807) is 24.3 Å². The van der Waals surface area contributed by atoms with Gasteiger partial charge in [-0.2, -0.15) is 0 Å². The molecule has 4 heteroatoms. The molecule has 1 aromatic rings. The maximum absolute atomic E-state index is 11.4. The molecule has 0 heterocycles. The molecule has 0 saturated heterocycles. The number of rotatable bonds is 3. The lowest BCUT2D eigenvalue weighted by atomic mass is 10.2. The van der Waals surface area contributed by atoms with Gasteiger partial charge in [0.15, 0.2) is 0 Å². The maximum Gasteiger partial charge on any atom is 0.321 e. The molecule has 1 aromatic carbocycles. The van der Waals surface area contributed by atoms with Gasteiger partial charge >= 0.3 is 6.03 Å². The van der Waals surface area contributed by atoms with Crippen LogP contribution in [-0.4, -0.2) is 18.5 Å². The van der Waals surface area contributed by atoms with Gasteiger partial charge in [0.25, 0.3) is 5.91 Å². The Morgan fingerprint density at radius 3 is 2.47 bits per heavy atom. The molecular weight excluding hydrogens is 192 g/mol. The molecule has 0 aromatic heterocycles. The minimum absolute atomic E-state index is 0.385. The van der Waals surface area contributed by atoms with Crippen LogP contribution in [0.2, 0.25) is 0 Å². The van der Waals surface area contributed by atoms with Crippen LogP contribution in [0, 0.1) is 0 Å². The summed E-state index contributed by atoms with van der Waals surface area (Å²) in [6.45, 7) is 2.51. The van der Waals surface area contributed by atoms with E-state index in [1.807, 2.05) is 13.0 Å². The third kappa shape index (κ3) is 3.81. The summed E-state index contributed by atoms with van der Waals surface area (Å²) < 4.78 is 0. The SMILES string of the molecule is CCCNC(=O)NC(=O)c1ccccc1. The second-order valence-corrected chi connectivity index (χ2v) is 3.08. The van der Waals surface area contributed by atoms with Gasteiger partial charge in [-0.25, -0.2) is 4.79 Å². The van der Waals surface area contributed by atoms with E-state index >= 15 is 0 Å². The summed E-state index contributed by atoms with van der Waals surface area (Å²) in [7, 11) is 0. The molecule has 0 aliphatic rings. The second kappa shape index (κ2) is 5.80. The zero-order chi connectivity index (χ0) is 11.1. The molecule has 0 fully saturated rings. The van der Waals surface area contributed by atoms with Crippen molar-refractivity contribution < 1.29 is 9.59 Å². The Morgan fingerprint density at radius 2 is 1.87 bits per heavy atom. The summed E-state index contributed by atoms with van der Waals surface area (Å²) in [5.41, 5.74) is 0.476. The molecule has 2 N–H and O–H groups in total. The monoisotopic (exact) mass is 206 g/mol. The molecule has 0 aliphatic heterocycles. The Hall–Kier alpha value is -1.84. The highest BCUT2D eigenvalue weighted by molar-refractivity contribution is 6.04. The van der Waals surface area contributed by atoms with E-state index < -0.39 is 6.03 Å².